The molecule has 0 radical (unpaired) electrons. The fourth-order valence-electron chi connectivity index (χ4n) is 0.0714. The number of carbonyl (C=O) groups is 2. The van der Waals surface area contributed by atoms with Gasteiger partial charge in [-0.3, -0.25) is 9.59 Å². The number of halogens is 4. The molecule has 0 spiro atoms. The Bertz CT molecular complexity index is 110. The summed E-state index contributed by atoms with van der Waals surface area (Å²) < 4.78 is 0. The summed E-state index contributed by atoms with van der Waals surface area (Å²) in [7, 11) is 0. The van der Waals surface area contributed by atoms with Crippen molar-refractivity contribution in [3.63, 3.8) is 0 Å². The molecule has 0 unspecified atom stereocenters. The number of rotatable bonds is 4. The van der Waals surface area contributed by atoms with Crippen molar-refractivity contribution >= 4 is 58.0 Å². The van der Waals surface area contributed by atoms with Crippen LogP contribution in [0.25, 0.3) is 0 Å². The van der Waals surface area contributed by atoms with E-state index >= 15 is 0 Å². The summed E-state index contributed by atoms with van der Waals surface area (Å²) >= 11 is 20.1. The third-order valence-electron chi connectivity index (χ3n) is 0.596. The van der Waals surface area contributed by atoms with Crippen LogP contribution in [0, 0.1) is 0 Å². The Hall–Kier alpha value is 0.500. The molecule has 0 aromatic rings. The average Bonchev–Trinajstić information content (AvgIpc) is 2.16. The highest BCUT2D eigenvalue weighted by atomic mass is 35.5. The van der Waals surface area contributed by atoms with Crippen molar-refractivity contribution in [2.45, 2.75) is 0 Å². The van der Waals surface area contributed by atoms with Gasteiger partial charge in [0.05, 0.1) is 23.5 Å². The second-order valence-corrected chi connectivity index (χ2v) is 2.68. The quantitative estimate of drug-likeness (QED) is 0.719. The molecule has 72 valence electrons. The van der Waals surface area contributed by atoms with Crippen LogP contribution in [0.1, 0.15) is 0 Å². The topological polar surface area (TPSA) is 34.1 Å². The summed E-state index contributed by atoms with van der Waals surface area (Å²) in [5.74, 6) is -0.128. The molecule has 0 fully saturated rings. The van der Waals surface area contributed by atoms with Gasteiger partial charge in [-0.1, -0.05) is 0 Å². The van der Waals surface area contributed by atoms with Gasteiger partial charge in [0.25, 0.3) is 0 Å². The molecular weight excluding hydrogens is 246 g/mol. The second-order valence-electron chi connectivity index (χ2n) is 1.61. The largest absolute Gasteiger partial charge is 0.297 e. The van der Waals surface area contributed by atoms with E-state index in [1.807, 2.05) is 0 Å². The van der Waals surface area contributed by atoms with Crippen LogP contribution in [0.2, 0.25) is 0 Å². The van der Waals surface area contributed by atoms with Gasteiger partial charge >= 0.3 is 0 Å². The minimum Gasteiger partial charge on any atom is -0.297 e. The molecule has 6 heteroatoms. The van der Waals surface area contributed by atoms with Gasteiger partial charge in [-0.25, -0.2) is 0 Å². The Morgan fingerprint density at radius 1 is 0.667 bits per heavy atom. The van der Waals surface area contributed by atoms with Crippen molar-refractivity contribution in [1.82, 2.24) is 0 Å². The van der Waals surface area contributed by atoms with Crippen LogP contribution < -0.4 is 0 Å². The van der Waals surface area contributed by atoms with E-state index in [9.17, 15) is 9.59 Å². The highest BCUT2D eigenvalue weighted by Gasteiger charge is 1.91. The molecule has 0 bridgehead atoms. The van der Waals surface area contributed by atoms with Gasteiger partial charge < -0.3 is 0 Å². The molecule has 0 heterocycles. The van der Waals surface area contributed by atoms with Gasteiger partial charge in [0.15, 0.2) is 11.6 Å². The van der Waals surface area contributed by atoms with Crippen LogP contribution in [0.15, 0.2) is 0 Å². The van der Waals surface area contributed by atoms with E-state index in [0.29, 0.717) is 0 Å². The van der Waals surface area contributed by atoms with Gasteiger partial charge in [-0.05, 0) is 0 Å². The van der Waals surface area contributed by atoms with Crippen LogP contribution in [0.5, 0.6) is 0 Å². The van der Waals surface area contributed by atoms with E-state index in [4.69, 9.17) is 46.4 Å². The molecule has 0 saturated carbocycles. The number of hydrogen-bond acceptors (Lipinski definition) is 2. The number of ketones is 2. The summed E-state index contributed by atoms with van der Waals surface area (Å²) in [4.78, 5) is 19.8. The smallest absolute Gasteiger partial charge is 0.162 e. The second kappa shape index (κ2) is 11.5. The molecular formula is C6H8Cl4O2. The lowest BCUT2D eigenvalue weighted by atomic mass is 10.5. The van der Waals surface area contributed by atoms with Crippen LogP contribution in [-0.4, -0.2) is 35.1 Å². The molecule has 12 heavy (non-hydrogen) atoms. The SMILES string of the molecule is O=C(CCl)CCl.O=C(CCl)CCl. The lowest BCUT2D eigenvalue weighted by Crippen LogP contribution is -1.98. The number of carbonyl (C=O) groups excluding carboxylic acids is 2. The number of alkyl halides is 4. The Kier molecular flexibility index (Phi) is 14.4. The van der Waals surface area contributed by atoms with Crippen molar-refractivity contribution in [2.24, 2.45) is 0 Å². The van der Waals surface area contributed by atoms with Crippen LogP contribution in [-0.2, 0) is 9.59 Å². The van der Waals surface area contributed by atoms with E-state index in [2.05, 4.69) is 0 Å². The number of hydrogen-bond donors (Lipinski definition) is 0. The predicted octanol–water partition coefficient (Wildman–Crippen LogP) is 2.07. The Morgan fingerprint density at radius 3 is 0.833 bits per heavy atom. The van der Waals surface area contributed by atoms with Gasteiger partial charge in [-0.2, -0.15) is 0 Å². The molecule has 0 amide bonds. The van der Waals surface area contributed by atoms with E-state index in [1.165, 1.54) is 0 Å². The fraction of sp³-hybridized carbons (Fsp3) is 0.667. The standard InChI is InChI=1S/2C3H4Cl2O/c2*4-1-3(6)2-5/h2*1-2H2. The highest BCUT2D eigenvalue weighted by Crippen LogP contribution is 1.81. The molecule has 0 aromatic carbocycles. The van der Waals surface area contributed by atoms with Crippen LogP contribution >= 0.6 is 46.4 Å². The zero-order valence-corrected chi connectivity index (χ0v) is 9.18. The molecule has 0 aliphatic heterocycles. The molecule has 0 saturated heterocycles. The molecule has 0 N–H and O–H groups in total. The maximum atomic E-state index is 9.92. The van der Waals surface area contributed by atoms with Gasteiger partial charge in [0, 0.05) is 0 Å². The Morgan fingerprint density at radius 2 is 0.833 bits per heavy atom. The maximum absolute atomic E-state index is 9.92. The normalized spacial score (nSPS) is 8.33. The first kappa shape index (κ1) is 15.0. The van der Waals surface area contributed by atoms with Gasteiger partial charge in [0.2, 0.25) is 0 Å². The van der Waals surface area contributed by atoms with Crippen molar-refractivity contribution in [1.29, 1.82) is 0 Å². The van der Waals surface area contributed by atoms with Gasteiger partial charge in [0.1, 0.15) is 0 Å². The Balaban J connectivity index is 0. The first-order chi connectivity index (χ1) is 5.62. The fourth-order valence-corrected chi connectivity index (χ4v) is 0.643. The van der Waals surface area contributed by atoms with Crippen LogP contribution in [0.4, 0.5) is 0 Å². The summed E-state index contributed by atoms with van der Waals surface area (Å²) in [5.41, 5.74) is 0. The molecule has 0 rings (SSSR count). The Labute approximate surface area is 91.1 Å². The first-order valence-corrected chi connectivity index (χ1v) is 5.03. The number of Topliss-reactive ketones (excluding diaryl/α,β-unsaturated/α-hetero) is 2. The molecule has 2 nitrogen and oxygen atoms in total. The predicted molar refractivity (Wildman–Crippen MR) is 52.9 cm³/mol. The van der Waals surface area contributed by atoms with E-state index in [1.54, 1.807) is 0 Å². The summed E-state index contributed by atoms with van der Waals surface area (Å²) in [6.07, 6.45) is 0. The summed E-state index contributed by atoms with van der Waals surface area (Å²) in [5, 5.41) is 0. The van der Waals surface area contributed by atoms with Crippen molar-refractivity contribution in [3.05, 3.63) is 0 Å². The first-order valence-electron chi connectivity index (χ1n) is 2.89. The van der Waals surface area contributed by atoms with Crippen LogP contribution in [0.3, 0.4) is 0 Å². The van der Waals surface area contributed by atoms with Gasteiger partial charge in [-0.15, -0.1) is 46.4 Å². The lowest BCUT2D eigenvalue weighted by molar-refractivity contribution is -0.115. The third kappa shape index (κ3) is 13.1. The summed E-state index contributed by atoms with van der Waals surface area (Å²) in [6.45, 7) is 0. The van der Waals surface area contributed by atoms with Crippen molar-refractivity contribution in [3.8, 4) is 0 Å². The third-order valence-corrected chi connectivity index (χ3v) is 1.79. The van der Waals surface area contributed by atoms with E-state index < -0.39 is 0 Å². The van der Waals surface area contributed by atoms with Crippen molar-refractivity contribution in [2.75, 3.05) is 23.5 Å². The molecule has 0 aromatic heterocycles. The molecule has 0 aliphatic rings. The minimum absolute atomic E-state index is 0.0312. The average molecular weight is 254 g/mol. The van der Waals surface area contributed by atoms with E-state index in [-0.39, 0.29) is 35.1 Å². The zero-order chi connectivity index (χ0) is 9.98. The zero-order valence-electron chi connectivity index (χ0n) is 6.16. The molecule has 0 atom stereocenters. The van der Waals surface area contributed by atoms with E-state index in [0.717, 1.165) is 0 Å². The van der Waals surface area contributed by atoms with Crippen molar-refractivity contribution < 1.29 is 9.59 Å². The monoisotopic (exact) mass is 252 g/mol. The maximum Gasteiger partial charge on any atom is 0.162 e. The lowest BCUT2D eigenvalue weighted by Gasteiger charge is -1.77. The molecule has 0 aliphatic carbocycles. The summed E-state index contributed by atoms with van der Waals surface area (Å²) in [6, 6.07) is 0. The highest BCUT2D eigenvalue weighted by molar-refractivity contribution is 6.36. The minimum atomic E-state index is -0.127.